The van der Waals surface area contributed by atoms with Gasteiger partial charge < -0.3 is 10.1 Å². The standard InChI is InChI=1S/C10H11BrN2O3/c1-6(10(15)16-2)13-9(14)7-3-4-8(11)12-5-7/h3-6H,1-2H3,(H,13,14). The van der Waals surface area contributed by atoms with Gasteiger partial charge in [-0.2, -0.15) is 0 Å². The fourth-order valence-electron chi connectivity index (χ4n) is 1.03. The van der Waals surface area contributed by atoms with Gasteiger partial charge in [0.2, 0.25) is 0 Å². The third-order valence-corrected chi connectivity index (χ3v) is 2.36. The molecule has 1 amide bonds. The second-order valence-corrected chi connectivity index (χ2v) is 3.90. The minimum absolute atomic E-state index is 0.363. The van der Waals surface area contributed by atoms with Gasteiger partial charge in [-0.25, -0.2) is 9.78 Å². The van der Waals surface area contributed by atoms with Crippen LogP contribution in [0.3, 0.4) is 0 Å². The molecule has 0 saturated carbocycles. The van der Waals surface area contributed by atoms with Gasteiger partial charge >= 0.3 is 5.97 Å². The minimum Gasteiger partial charge on any atom is -0.467 e. The lowest BCUT2D eigenvalue weighted by molar-refractivity contribution is -0.142. The van der Waals surface area contributed by atoms with Crippen LogP contribution < -0.4 is 5.32 Å². The van der Waals surface area contributed by atoms with Crippen LogP contribution in [0.1, 0.15) is 17.3 Å². The molecule has 1 aromatic heterocycles. The summed E-state index contributed by atoms with van der Waals surface area (Å²) in [5.41, 5.74) is 0.388. The van der Waals surface area contributed by atoms with Gasteiger partial charge in [0, 0.05) is 6.20 Å². The highest BCUT2D eigenvalue weighted by Crippen LogP contribution is 2.06. The highest BCUT2D eigenvalue weighted by Gasteiger charge is 2.16. The van der Waals surface area contributed by atoms with Gasteiger partial charge in [-0.15, -0.1) is 0 Å². The molecular formula is C10H11BrN2O3. The number of rotatable bonds is 3. The second kappa shape index (κ2) is 5.60. The molecule has 0 aliphatic rings. The van der Waals surface area contributed by atoms with Gasteiger partial charge in [0.1, 0.15) is 10.6 Å². The van der Waals surface area contributed by atoms with E-state index in [1.807, 2.05) is 0 Å². The smallest absolute Gasteiger partial charge is 0.328 e. The molecule has 1 N–H and O–H groups in total. The number of carbonyl (C=O) groups excluding carboxylic acids is 2. The van der Waals surface area contributed by atoms with Crippen molar-refractivity contribution in [3.63, 3.8) is 0 Å². The summed E-state index contributed by atoms with van der Waals surface area (Å²) < 4.78 is 5.13. The van der Waals surface area contributed by atoms with Crippen LogP contribution in [0.25, 0.3) is 0 Å². The van der Waals surface area contributed by atoms with Crippen molar-refractivity contribution in [2.24, 2.45) is 0 Å². The van der Waals surface area contributed by atoms with E-state index in [0.717, 1.165) is 0 Å². The average Bonchev–Trinajstić information content (AvgIpc) is 2.28. The molecule has 16 heavy (non-hydrogen) atoms. The summed E-state index contributed by atoms with van der Waals surface area (Å²) in [5, 5.41) is 2.50. The predicted octanol–water partition coefficient (Wildman–Crippen LogP) is 1.14. The monoisotopic (exact) mass is 286 g/mol. The number of pyridine rings is 1. The van der Waals surface area contributed by atoms with Crippen LogP contribution in [0.2, 0.25) is 0 Å². The molecule has 0 spiro atoms. The Morgan fingerprint density at radius 3 is 2.69 bits per heavy atom. The molecule has 1 unspecified atom stereocenters. The zero-order valence-electron chi connectivity index (χ0n) is 8.86. The van der Waals surface area contributed by atoms with E-state index in [2.05, 4.69) is 31.0 Å². The van der Waals surface area contributed by atoms with E-state index in [4.69, 9.17) is 0 Å². The van der Waals surface area contributed by atoms with Gasteiger partial charge in [0.25, 0.3) is 5.91 Å². The van der Waals surface area contributed by atoms with Crippen molar-refractivity contribution < 1.29 is 14.3 Å². The first kappa shape index (κ1) is 12.6. The van der Waals surface area contributed by atoms with Gasteiger partial charge in [-0.3, -0.25) is 4.79 Å². The molecule has 1 atom stereocenters. The molecule has 0 aliphatic heterocycles. The van der Waals surface area contributed by atoms with Crippen molar-refractivity contribution in [1.82, 2.24) is 10.3 Å². The Hall–Kier alpha value is -1.43. The van der Waals surface area contributed by atoms with Crippen molar-refractivity contribution in [3.8, 4) is 0 Å². The normalized spacial score (nSPS) is 11.7. The summed E-state index contributed by atoms with van der Waals surface area (Å²) in [4.78, 5) is 26.6. The molecule has 0 bridgehead atoms. The summed E-state index contributed by atoms with van der Waals surface area (Å²) in [6.07, 6.45) is 1.42. The third kappa shape index (κ3) is 3.30. The van der Waals surface area contributed by atoms with Gasteiger partial charge in [-0.05, 0) is 35.0 Å². The Bertz CT molecular complexity index is 392. The van der Waals surface area contributed by atoms with E-state index >= 15 is 0 Å². The molecule has 0 aromatic carbocycles. The lowest BCUT2D eigenvalue weighted by atomic mass is 10.2. The van der Waals surface area contributed by atoms with Crippen molar-refractivity contribution >= 4 is 27.8 Å². The lowest BCUT2D eigenvalue weighted by Crippen LogP contribution is -2.39. The molecular weight excluding hydrogens is 276 g/mol. The van der Waals surface area contributed by atoms with E-state index in [-0.39, 0.29) is 5.91 Å². The molecule has 0 fully saturated rings. The molecule has 1 rings (SSSR count). The van der Waals surface area contributed by atoms with Crippen molar-refractivity contribution in [2.45, 2.75) is 13.0 Å². The van der Waals surface area contributed by atoms with Gasteiger partial charge in [0.05, 0.1) is 12.7 Å². The maximum Gasteiger partial charge on any atom is 0.328 e. The fourth-order valence-corrected chi connectivity index (χ4v) is 1.26. The zero-order chi connectivity index (χ0) is 12.1. The molecule has 0 aliphatic carbocycles. The second-order valence-electron chi connectivity index (χ2n) is 3.09. The number of aromatic nitrogens is 1. The Balaban J connectivity index is 2.65. The van der Waals surface area contributed by atoms with Crippen LogP contribution in [0.5, 0.6) is 0 Å². The van der Waals surface area contributed by atoms with Gasteiger partial charge in [-0.1, -0.05) is 0 Å². The number of hydrogen-bond acceptors (Lipinski definition) is 4. The third-order valence-electron chi connectivity index (χ3n) is 1.89. The molecule has 0 saturated heterocycles. The zero-order valence-corrected chi connectivity index (χ0v) is 10.4. The highest BCUT2D eigenvalue weighted by atomic mass is 79.9. The van der Waals surface area contributed by atoms with Crippen LogP contribution in [-0.4, -0.2) is 30.0 Å². The molecule has 6 heteroatoms. The first-order valence-electron chi connectivity index (χ1n) is 4.55. The highest BCUT2D eigenvalue weighted by molar-refractivity contribution is 9.10. The summed E-state index contributed by atoms with van der Waals surface area (Å²) >= 11 is 3.16. The fraction of sp³-hybridized carbons (Fsp3) is 0.300. The lowest BCUT2D eigenvalue weighted by Gasteiger charge is -2.11. The van der Waals surface area contributed by atoms with Crippen molar-refractivity contribution in [1.29, 1.82) is 0 Å². The number of hydrogen-bond donors (Lipinski definition) is 1. The van der Waals surface area contributed by atoms with Crippen LogP contribution in [0.15, 0.2) is 22.9 Å². The molecule has 5 nitrogen and oxygen atoms in total. The summed E-state index contributed by atoms with van der Waals surface area (Å²) in [5.74, 6) is -0.851. The first-order chi connectivity index (χ1) is 7.54. The minimum atomic E-state index is -0.679. The van der Waals surface area contributed by atoms with Gasteiger partial charge in [0.15, 0.2) is 0 Å². The average molecular weight is 287 g/mol. The number of carbonyl (C=O) groups is 2. The Morgan fingerprint density at radius 1 is 1.50 bits per heavy atom. The topological polar surface area (TPSA) is 68.3 Å². The van der Waals surface area contributed by atoms with Crippen LogP contribution >= 0.6 is 15.9 Å². The number of ether oxygens (including phenoxy) is 1. The Morgan fingerprint density at radius 2 is 2.19 bits per heavy atom. The summed E-state index contributed by atoms with van der Waals surface area (Å²) in [6.45, 7) is 1.55. The molecule has 1 aromatic rings. The number of nitrogens with one attached hydrogen (secondary N) is 1. The first-order valence-corrected chi connectivity index (χ1v) is 5.34. The number of nitrogens with zero attached hydrogens (tertiary/aromatic N) is 1. The van der Waals surface area contributed by atoms with E-state index in [1.165, 1.54) is 13.3 Å². The Labute approximate surface area is 101 Å². The molecule has 86 valence electrons. The number of amides is 1. The van der Waals surface area contributed by atoms with Crippen LogP contribution in [0.4, 0.5) is 0 Å². The Kier molecular flexibility index (Phi) is 4.42. The summed E-state index contributed by atoms with van der Waals surface area (Å²) in [7, 11) is 1.27. The number of halogens is 1. The van der Waals surface area contributed by atoms with Crippen LogP contribution in [0, 0.1) is 0 Å². The quantitative estimate of drug-likeness (QED) is 0.668. The van der Waals surface area contributed by atoms with E-state index in [0.29, 0.717) is 10.2 Å². The van der Waals surface area contributed by atoms with Crippen LogP contribution in [-0.2, 0) is 9.53 Å². The predicted molar refractivity (Wildman–Crippen MR) is 60.9 cm³/mol. The summed E-state index contributed by atoms with van der Waals surface area (Å²) in [6, 6.07) is 2.58. The van der Waals surface area contributed by atoms with E-state index in [9.17, 15) is 9.59 Å². The molecule has 0 radical (unpaired) electrons. The maximum absolute atomic E-state index is 11.6. The maximum atomic E-state index is 11.6. The largest absolute Gasteiger partial charge is 0.467 e. The SMILES string of the molecule is COC(=O)C(C)NC(=O)c1ccc(Br)nc1. The number of esters is 1. The van der Waals surface area contributed by atoms with E-state index < -0.39 is 12.0 Å². The van der Waals surface area contributed by atoms with Crippen molar-refractivity contribution in [2.75, 3.05) is 7.11 Å². The molecule has 1 heterocycles. The number of methoxy groups -OCH3 is 1. The van der Waals surface area contributed by atoms with E-state index in [1.54, 1.807) is 19.1 Å². The van der Waals surface area contributed by atoms with Crippen molar-refractivity contribution in [3.05, 3.63) is 28.5 Å².